The number of carbonyl (C=O) groups is 1. The fourth-order valence-electron chi connectivity index (χ4n) is 6.42. The van der Waals surface area contributed by atoms with Crippen molar-refractivity contribution in [3.63, 3.8) is 0 Å². The summed E-state index contributed by atoms with van der Waals surface area (Å²) < 4.78 is 16.7. The van der Waals surface area contributed by atoms with Gasteiger partial charge >= 0.3 is 0 Å². The lowest BCUT2D eigenvalue weighted by Crippen LogP contribution is -2.34. The summed E-state index contributed by atoms with van der Waals surface area (Å²) in [6.07, 6.45) is 4.12. The van der Waals surface area contributed by atoms with Crippen molar-refractivity contribution >= 4 is 68.1 Å². The summed E-state index contributed by atoms with van der Waals surface area (Å²) in [5.74, 6) is 1.54. The third-order valence-corrected chi connectivity index (χ3v) is 10.2. The molecule has 0 spiro atoms. The van der Waals surface area contributed by atoms with Crippen molar-refractivity contribution in [2.75, 3.05) is 32.8 Å². The zero-order chi connectivity index (χ0) is 34.8. The quantitative estimate of drug-likeness (QED) is 0.140. The second-order valence-electron chi connectivity index (χ2n) is 11.8. The van der Waals surface area contributed by atoms with Crippen LogP contribution in [0.1, 0.15) is 39.2 Å². The number of pyridine rings is 1. The van der Waals surface area contributed by atoms with E-state index in [2.05, 4.69) is 18.2 Å². The number of fused-ring (bicyclic) bond motifs is 2. The molecule has 0 fully saturated rings. The van der Waals surface area contributed by atoms with Crippen LogP contribution in [0.25, 0.3) is 33.8 Å². The molecule has 252 valence electrons. The molecule has 10 heteroatoms. The topological polar surface area (TPSA) is 73.8 Å². The average Bonchev–Trinajstić information content (AvgIpc) is 3.78. The van der Waals surface area contributed by atoms with Crippen molar-refractivity contribution in [2.24, 2.45) is 0 Å². The van der Waals surface area contributed by atoms with E-state index >= 15 is 4.79 Å². The van der Waals surface area contributed by atoms with Crippen molar-refractivity contribution in [3.05, 3.63) is 128 Å². The molecule has 2 heterocycles. The van der Waals surface area contributed by atoms with Crippen LogP contribution in [0.5, 0.6) is 17.2 Å². The Balaban J connectivity index is 1.34. The van der Waals surface area contributed by atoms with E-state index in [1.54, 1.807) is 38.4 Å². The molecule has 0 saturated heterocycles. The highest BCUT2D eigenvalue weighted by atomic mass is 35.5. The van der Waals surface area contributed by atoms with E-state index in [0.717, 1.165) is 50.8 Å². The number of hydrogen-bond acceptors (Lipinski definition) is 7. The van der Waals surface area contributed by atoms with Crippen LogP contribution in [0, 0.1) is 0 Å². The van der Waals surface area contributed by atoms with Crippen molar-refractivity contribution in [1.82, 2.24) is 9.97 Å². The Morgan fingerprint density at radius 3 is 2.34 bits per heavy atom. The predicted octanol–water partition coefficient (Wildman–Crippen LogP) is 10.1. The first-order valence-corrected chi connectivity index (χ1v) is 17.7. The fourth-order valence-corrected chi connectivity index (χ4v) is 7.78. The van der Waals surface area contributed by atoms with Gasteiger partial charge in [-0.1, -0.05) is 71.7 Å². The molecular formula is C40H33Cl2N3O4S. The summed E-state index contributed by atoms with van der Waals surface area (Å²) in [5.41, 5.74) is 7.62. The standard InChI is InChI=1S/C40H33Cl2N3O4S/c1-47-34-20-25(21-35(48-2)38(34)49-3)19-26-13-15-30-36(29-11-7-8-12-32(29)43-37(26)30)39(46)45(18-17-24-9-5-4-6-10-24)40-44-33(23-50-40)28-16-14-27(41)22-31(28)42/h4-12,14,16,19-23H,13,15,17-18H2,1-3H3/b26-19+. The summed E-state index contributed by atoms with van der Waals surface area (Å²) in [6, 6.07) is 27.2. The lowest BCUT2D eigenvalue weighted by atomic mass is 9.99. The Kier molecular flexibility index (Phi) is 9.76. The van der Waals surface area contributed by atoms with E-state index in [-0.39, 0.29) is 5.91 Å². The highest BCUT2D eigenvalue weighted by Gasteiger charge is 2.31. The number of rotatable bonds is 10. The minimum absolute atomic E-state index is 0.118. The lowest BCUT2D eigenvalue weighted by molar-refractivity contribution is 0.0988. The van der Waals surface area contributed by atoms with Gasteiger partial charge in [0, 0.05) is 27.9 Å². The lowest BCUT2D eigenvalue weighted by Gasteiger charge is -2.22. The van der Waals surface area contributed by atoms with Crippen molar-refractivity contribution in [3.8, 4) is 28.5 Å². The third-order valence-electron chi connectivity index (χ3n) is 8.83. The molecule has 7 rings (SSSR count). The monoisotopic (exact) mass is 721 g/mol. The van der Waals surface area contributed by atoms with Gasteiger partial charge in [-0.25, -0.2) is 9.97 Å². The third kappa shape index (κ3) is 6.54. The molecule has 4 aromatic carbocycles. The Hall–Kier alpha value is -4.89. The molecule has 2 aromatic heterocycles. The first-order valence-electron chi connectivity index (χ1n) is 16.1. The molecule has 0 atom stereocenters. The average molecular weight is 723 g/mol. The predicted molar refractivity (Wildman–Crippen MR) is 203 cm³/mol. The van der Waals surface area contributed by atoms with Crippen LogP contribution in [-0.4, -0.2) is 43.7 Å². The highest BCUT2D eigenvalue weighted by Crippen LogP contribution is 2.42. The molecule has 0 aliphatic heterocycles. The van der Waals surface area contributed by atoms with Crippen LogP contribution in [0.4, 0.5) is 5.13 Å². The summed E-state index contributed by atoms with van der Waals surface area (Å²) in [7, 11) is 4.79. The van der Waals surface area contributed by atoms with E-state index in [1.807, 2.05) is 66.0 Å². The fraction of sp³-hybridized carbons (Fsp3) is 0.175. The minimum atomic E-state index is -0.118. The maximum atomic E-state index is 15.1. The Morgan fingerprint density at radius 1 is 0.880 bits per heavy atom. The van der Waals surface area contributed by atoms with Crippen LogP contribution in [-0.2, 0) is 12.8 Å². The van der Waals surface area contributed by atoms with Gasteiger partial charge in [0.15, 0.2) is 16.6 Å². The number of aromatic nitrogens is 2. The number of amides is 1. The number of ether oxygens (including phenoxy) is 3. The van der Waals surface area contributed by atoms with Gasteiger partial charge in [-0.2, -0.15) is 0 Å². The van der Waals surface area contributed by atoms with Gasteiger partial charge in [-0.15, -0.1) is 11.3 Å². The molecule has 0 unspecified atom stereocenters. The maximum Gasteiger partial charge on any atom is 0.261 e. The van der Waals surface area contributed by atoms with Gasteiger partial charge in [-0.05, 0) is 84.0 Å². The molecule has 0 saturated carbocycles. The van der Waals surface area contributed by atoms with Crippen molar-refractivity contribution in [1.29, 1.82) is 0 Å². The number of para-hydroxylation sites is 1. The van der Waals surface area contributed by atoms with Crippen LogP contribution in [0.3, 0.4) is 0 Å². The van der Waals surface area contributed by atoms with E-state index in [4.69, 9.17) is 47.4 Å². The molecule has 50 heavy (non-hydrogen) atoms. The zero-order valence-corrected chi connectivity index (χ0v) is 30.0. The number of anilines is 1. The molecule has 6 aromatic rings. The highest BCUT2D eigenvalue weighted by molar-refractivity contribution is 7.14. The van der Waals surface area contributed by atoms with Gasteiger partial charge in [-0.3, -0.25) is 9.69 Å². The molecule has 0 bridgehead atoms. The van der Waals surface area contributed by atoms with Crippen LogP contribution in [0.2, 0.25) is 10.0 Å². The summed E-state index contributed by atoms with van der Waals surface area (Å²) in [5, 5.41) is 4.38. The van der Waals surface area contributed by atoms with E-state index < -0.39 is 0 Å². The number of hydrogen-bond donors (Lipinski definition) is 0. The summed E-state index contributed by atoms with van der Waals surface area (Å²) in [6.45, 7) is 0.434. The Labute approximate surface area is 304 Å². The second-order valence-corrected chi connectivity index (χ2v) is 13.5. The number of carbonyl (C=O) groups excluding carboxylic acids is 1. The van der Waals surface area contributed by atoms with Gasteiger partial charge in [0.05, 0.1) is 48.8 Å². The van der Waals surface area contributed by atoms with Gasteiger partial charge < -0.3 is 14.2 Å². The minimum Gasteiger partial charge on any atom is -0.493 e. The molecular weight excluding hydrogens is 689 g/mol. The number of thiazole rings is 1. The summed E-state index contributed by atoms with van der Waals surface area (Å²) in [4.78, 5) is 26.9. The maximum absolute atomic E-state index is 15.1. The molecule has 1 amide bonds. The normalized spacial score (nSPS) is 13.0. The number of benzene rings is 4. The molecule has 1 aliphatic rings. The second kappa shape index (κ2) is 14.5. The number of methoxy groups -OCH3 is 3. The first kappa shape index (κ1) is 33.6. The van der Waals surface area contributed by atoms with Crippen molar-refractivity contribution < 1.29 is 19.0 Å². The number of halogens is 2. The van der Waals surface area contributed by atoms with E-state index in [1.165, 1.54) is 11.3 Å². The number of allylic oxidation sites excluding steroid dienone is 1. The smallest absolute Gasteiger partial charge is 0.261 e. The van der Waals surface area contributed by atoms with Crippen molar-refractivity contribution in [2.45, 2.75) is 19.3 Å². The Morgan fingerprint density at radius 2 is 1.62 bits per heavy atom. The molecule has 7 nitrogen and oxygen atoms in total. The molecule has 0 N–H and O–H groups in total. The summed E-state index contributed by atoms with van der Waals surface area (Å²) >= 11 is 14.2. The molecule has 0 radical (unpaired) electrons. The largest absolute Gasteiger partial charge is 0.493 e. The van der Waals surface area contributed by atoms with E-state index in [9.17, 15) is 0 Å². The van der Waals surface area contributed by atoms with Crippen LogP contribution < -0.4 is 19.1 Å². The van der Waals surface area contributed by atoms with Gasteiger partial charge in [0.25, 0.3) is 5.91 Å². The first-order chi connectivity index (χ1) is 24.4. The molecule has 1 aliphatic carbocycles. The van der Waals surface area contributed by atoms with Gasteiger partial charge in [0.2, 0.25) is 5.75 Å². The van der Waals surface area contributed by atoms with Crippen LogP contribution >= 0.6 is 34.5 Å². The Bertz CT molecular complexity index is 2230. The van der Waals surface area contributed by atoms with Gasteiger partial charge in [0.1, 0.15) is 0 Å². The number of nitrogens with zero attached hydrogens (tertiary/aromatic N) is 3. The van der Waals surface area contributed by atoms with E-state index in [0.29, 0.717) is 63.1 Å². The van der Waals surface area contributed by atoms with Crippen LogP contribution in [0.15, 0.2) is 90.3 Å². The SMILES string of the molecule is COc1cc(/C=C2\CCc3c2nc2ccccc2c3C(=O)N(CCc2ccccc2)c2nc(-c3ccc(Cl)cc3Cl)cs2)cc(OC)c1OC. The zero-order valence-electron chi connectivity index (χ0n) is 27.7.